The molecule has 1 aliphatic rings. The van der Waals surface area contributed by atoms with E-state index in [2.05, 4.69) is 4.99 Å². The fourth-order valence-corrected chi connectivity index (χ4v) is 2.63. The number of amides is 1. The summed E-state index contributed by atoms with van der Waals surface area (Å²) < 4.78 is 5.58. The maximum Gasteiger partial charge on any atom is 0.295 e. The van der Waals surface area contributed by atoms with Crippen molar-refractivity contribution >= 4 is 33.8 Å². The van der Waals surface area contributed by atoms with E-state index in [4.69, 9.17) is 4.42 Å². The van der Waals surface area contributed by atoms with Gasteiger partial charge in [0.1, 0.15) is 5.58 Å². The van der Waals surface area contributed by atoms with Crippen molar-refractivity contribution in [3.63, 3.8) is 0 Å². The molecule has 0 saturated carbocycles. The number of hydrogen-bond donors (Lipinski definition) is 0. The highest BCUT2D eigenvalue weighted by molar-refractivity contribution is 8.13. The van der Waals surface area contributed by atoms with Gasteiger partial charge in [-0.1, -0.05) is 30.0 Å². The maximum absolute atomic E-state index is 12.3. The van der Waals surface area contributed by atoms with E-state index in [-0.39, 0.29) is 5.91 Å². The van der Waals surface area contributed by atoms with Gasteiger partial charge in [0, 0.05) is 11.9 Å². The summed E-state index contributed by atoms with van der Waals surface area (Å²) >= 11 is 1.48. The van der Waals surface area contributed by atoms with Crippen molar-refractivity contribution < 1.29 is 9.21 Å². The average molecular weight is 260 g/mol. The molecule has 0 N–H and O–H groups in total. The van der Waals surface area contributed by atoms with E-state index in [9.17, 15) is 4.79 Å². The fourth-order valence-electron chi connectivity index (χ4n) is 2.01. The summed E-state index contributed by atoms with van der Waals surface area (Å²) in [6.45, 7) is 1.30. The molecule has 0 saturated heterocycles. The summed E-state index contributed by atoms with van der Waals surface area (Å²) in [5.74, 6) is 0.261. The van der Waals surface area contributed by atoms with Crippen LogP contribution in [0.1, 0.15) is 10.6 Å². The van der Waals surface area contributed by atoms with Crippen LogP contribution < -0.4 is 0 Å². The fraction of sp³-hybridized carbons (Fsp3) is 0.231. The molecule has 92 valence electrons. The van der Waals surface area contributed by atoms with Crippen molar-refractivity contribution in [1.82, 2.24) is 4.90 Å². The van der Waals surface area contributed by atoms with Gasteiger partial charge in [0.15, 0.2) is 10.9 Å². The lowest BCUT2D eigenvalue weighted by Gasteiger charge is -2.14. The van der Waals surface area contributed by atoms with E-state index in [0.717, 1.165) is 16.1 Å². The predicted molar refractivity (Wildman–Crippen MR) is 73.1 cm³/mol. The van der Waals surface area contributed by atoms with Crippen LogP contribution in [0.15, 0.2) is 39.7 Å². The Balaban J connectivity index is 1.95. The number of amidine groups is 1. The Morgan fingerprint density at radius 2 is 2.28 bits per heavy atom. The summed E-state index contributed by atoms with van der Waals surface area (Å²) in [6.07, 6.45) is 1.92. The third-order valence-electron chi connectivity index (χ3n) is 2.87. The molecule has 1 aliphatic heterocycles. The topological polar surface area (TPSA) is 45.8 Å². The molecule has 0 fully saturated rings. The number of carbonyl (C=O) groups excluding carboxylic acids is 1. The number of nitrogens with zero attached hydrogens (tertiary/aromatic N) is 2. The first-order chi connectivity index (χ1) is 8.79. The number of hydrogen-bond acceptors (Lipinski definition) is 4. The van der Waals surface area contributed by atoms with Gasteiger partial charge in [-0.2, -0.15) is 0 Å². The number of benzene rings is 1. The van der Waals surface area contributed by atoms with Crippen LogP contribution >= 0.6 is 11.8 Å². The van der Waals surface area contributed by atoms with Crippen molar-refractivity contribution in [3.8, 4) is 0 Å². The van der Waals surface area contributed by atoms with E-state index < -0.39 is 0 Å². The number of thioether (sulfide) groups is 1. The van der Waals surface area contributed by atoms with Gasteiger partial charge in [0.2, 0.25) is 0 Å². The van der Waals surface area contributed by atoms with Crippen molar-refractivity contribution in [2.45, 2.75) is 0 Å². The minimum Gasteiger partial charge on any atom is -0.451 e. The number of rotatable bonds is 1. The van der Waals surface area contributed by atoms with Crippen LogP contribution in [0.3, 0.4) is 0 Å². The molecule has 2 aromatic rings. The van der Waals surface area contributed by atoms with Crippen LogP contribution in [0.25, 0.3) is 11.0 Å². The van der Waals surface area contributed by atoms with E-state index >= 15 is 0 Å². The van der Waals surface area contributed by atoms with E-state index in [1.165, 1.54) is 11.8 Å². The second-order valence-electron chi connectivity index (χ2n) is 3.97. The molecular weight excluding hydrogens is 248 g/mol. The van der Waals surface area contributed by atoms with Crippen LogP contribution in [0, 0.1) is 0 Å². The lowest BCUT2D eigenvalue weighted by atomic mass is 10.2. The third kappa shape index (κ3) is 1.80. The van der Waals surface area contributed by atoms with E-state index in [1.54, 1.807) is 11.0 Å². The molecule has 1 aromatic heterocycles. The Bertz CT molecular complexity index is 600. The van der Waals surface area contributed by atoms with Crippen LogP contribution in [-0.2, 0) is 0 Å². The summed E-state index contributed by atoms with van der Waals surface area (Å²) in [5.41, 5.74) is 0.739. The molecule has 0 spiro atoms. The highest BCUT2D eigenvalue weighted by Gasteiger charge is 2.26. The second-order valence-corrected chi connectivity index (χ2v) is 4.75. The zero-order chi connectivity index (χ0) is 12.5. The molecule has 4 nitrogen and oxygen atoms in total. The van der Waals surface area contributed by atoms with Gasteiger partial charge in [0.05, 0.1) is 6.54 Å². The van der Waals surface area contributed by atoms with Crippen molar-refractivity contribution in [2.24, 2.45) is 4.99 Å². The molecule has 1 amide bonds. The van der Waals surface area contributed by atoms with Crippen molar-refractivity contribution in [1.29, 1.82) is 0 Å². The molecule has 18 heavy (non-hydrogen) atoms. The molecule has 1 aromatic carbocycles. The lowest BCUT2D eigenvalue weighted by Crippen LogP contribution is -2.32. The van der Waals surface area contributed by atoms with Crippen molar-refractivity contribution in [2.75, 3.05) is 19.3 Å². The first kappa shape index (κ1) is 11.3. The van der Waals surface area contributed by atoms with E-state index in [0.29, 0.717) is 18.8 Å². The van der Waals surface area contributed by atoms with Gasteiger partial charge >= 0.3 is 0 Å². The van der Waals surface area contributed by atoms with Crippen LogP contribution in [0.4, 0.5) is 0 Å². The first-order valence-corrected chi connectivity index (χ1v) is 6.91. The molecular formula is C13H12N2O2S. The summed E-state index contributed by atoms with van der Waals surface area (Å²) in [4.78, 5) is 18.3. The summed E-state index contributed by atoms with van der Waals surface area (Å²) in [5, 5.41) is 1.71. The molecule has 0 bridgehead atoms. The monoisotopic (exact) mass is 260 g/mol. The molecule has 2 heterocycles. The number of carbonyl (C=O) groups is 1. The quantitative estimate of drug-likeness (QED) is 0.791. The molecule has 5 heteroatoms. The number of aliphatic imine (C=N–C) groups is 1. The van der Waals surface area contributed by atoms with Gasteiger partial charge < -0.3 is 4.42 Å². The van der Waals surface area contributed by atoms with E-state index in [1.807, 2.05) is 30.5 Å². The van der Waals surface area contributed by atoms with Crippen LogP contribution in [-0.4, -0.2) is 35.3 Å². The SMILES string of the molecule is CSC1=NCCN1C(=O)c1cc2ccccc2o1. The van der Waals surface area contributed by atoms with Gasteiger partial charge in [-0.25, -0.2) is 0 Å². The number of para-hydroxylation sites is 1. The van der Waals surface area contributed by atoms with Gasteiger partial charge in [-0.05, 0) is 18.4 Å². The van der Waals surface area contributed by atoms with Crippen LogP contribution in [0.5, 0.6) is 0 Å². The summed E-state index contributed by atoms with van der Waals surface area (Å²) in [7, 11) is 0. The highest BCUT2D eigenvalue weighted by Crippen LogP contribution is 2.22. The Morgan fingerprint density at radius 3 is 3.06 bits per heavy atom. The third-order valence-corrected chi connectivity index (χ3v) is 3.58. The normalized spacial score (nSPS) is 15.2. The Morgan fingerprint density at radius 1 is 1.44 bits per heavy atom. The zero-order valence-electron chi connectivity index (χ0n) is 9.92. The molecule has 3 rings (SSSR count). The average Bonchev–Trinajstić information content (AvgIpc) is 3.03. The molecule has 0 radical (unpaired) electrons. The maximum atomic E-state index is 12.3. The Labute approximate surface area is 109 Å². The van der Waals surface area contributed by atoms with Crippen molar-refractivity contribution in [3.05, 3.63) is 36.1 Å². The minimum absolute atomic E-state index is 0.114. The molecule has 0 atom stereocenters. The van der Waals surface area contributed by atoms with Gasteiger partial charge in [-0.3, -0.25) is 14.7 Å². The Kier molecular flexibility index (Phi) is 2.83. The minimum atomic E-state index is -0.114. The Hall–Kier alpha value is -1.75. The lowest BCUT2D eigenvalue weighted by molar-refractivity contribution is 0.0833. The van der Waals surface area contributed by atoms with Crippen LogP contribution in [0.2, 0.25) is 0 Å². The van der Waals surface area contributed by atoms with Gasteiger partial charge in [0.25, 0.3) is 5.91 Å². The van der Waals surface area contributed by atoms with Gasteiger partial charge in [-0.15, -0.1) is 0 Å². The summed E-state index contributed by atoms with van der Waals surface area (Å²) in [6, 6.07) is 9.40. The smallest absolute Gasteiger partial charge is 0.295 e. The first-order valence-electron chi connectivity index (χ1n) is 5.68. The molecule has 0 aliphatic carbocycles. The number of fused-ring (bicyclic) bond motifs is 1. The largest absolute Gasteiger partial charge is 0.451 e. The second kappa shape index (κ2) is 4.49. The highest BCUT2D eigenvalue weighted by atomic mass is 32.2. The molecule has 0 unspecified atom stereocenters. The zero-order valence-corrected chi connectivity index (χ0v) is 10.7. The predicted octanol–water partition coefficient (Wildman–Crippen LogP) is 2.61. The number of furan rings is 1. The standard InChI is InChI=1S/C13H12N2O2S/c1-18-13-14-6-7-15(13)12(16)11-8-9-4-2-3-5-10(9)17-11/h2-5,8H,6-7H2,1H3.